The first-order chi connectivity index (χ1) is 9.45. The fourth-order valence-corrected chi connectivity index (χ4v) is 3.08. The minimum absolute atomic E-state index is 0.259. The average Bonchev–Trinajstić information content (AvgIpc) is 2.77. The molecule has 1 atom stereocenters. The van der Waals surface area contributed by atoms with Gasteiger partial charge in [-0.05, 0) is 44.2 Å². The largest absolute Gasteiger partial charge is 0.397 e. The molecule has 2 aromatic rings. The smallest absolute Gasteiger partial charge is 0.248 e. The van der Waals surface area contributed by atoms with Gasteiger partial charge in [0.25, 0.3) is 0 Å². The highest BCUT2D eigenvalue weighted by molar-refractivity contribution is 7.11. The number of anilines is 2. The lowest BCUT2D eigenvalue weighted by atomic mass is 10.1. The molecule has 5 N–H and O–H groups in total. The van der Waals surface area contributed by atoms with Crippen molar-refractivity contribution in [1.29, 1.82) is 0 Å². The first-order valence-corrected chi connectivity index (χ1v) is 7.28. The predicted molar refractivity (Wildman–Crippen MR) is 85.2 cm³/mol. The van der Waals surface area contributed by atoms with Gasteiger partial charge in [-0.1, -0.05) is 0 Å². The first kappa shape index (κ1) is 14.4. The van der Waals surface area contributed by atoms with Gasteiger partial charge < -0.3 is 16.8 Å². The third-order valence-electron chi connectivity index (χ3n) is 3.04. The van der Waals surface area contributed by atoms with Crippen molar-refractivity contribution in [1.82, 2.24) is 0 Å². The van der Waals surface area contributed by atoms with Crippen molar-refractivity contribution >= 4 is 28.6 Å². The van der Waals surface area contributed by atoms with Crippen LogP contribution in [0.15, 0.2) is 30.3 Å². The summed E-state index contributed by atoms with van der Waals surface area (Å²) in [5, 5.41) is 3.36. The van der Waals surface area contributed by atoms with E-state index in [1.165, 1.54) is 9.75 Å². The molecule has 0 aliphatic heterocycles. The summed E-state index contributed by atoms with van der Waals surface area (Å²) in [6.45, 7) is 4.21. The van der Waals surface area contributed by atoms with E-state index in [0.717, 1.165) is 12.1 Å². The van der Waals surface area contributed by atoms with Crippen molar-refractivity contribution in [3.05, 3.63) is 45.6 Å². The summed E-state index contributed by atoms with van der Waals surface area (Å²) < 4.78 is 0. The van der Waals surface area contributed by atoms with Crippen LogP contribution in [0.25, 0.3) is 0 Å². The summed E-state index contributed by atoms with van der Waals surface area (Å²) in [7, 11) is 0. The van der Waals surface area contributed by atoms with Gasteiger partial charge in [0.2, 0.25) is 5.91 Å². The van der Waals surface area contributed by atoms with Gasteiger partial charge in [-0.3, -0.25) is 4.79 Å². The summed E-state index contributed by atoms with van der Waals surface area (Å²) in [4.78, 5) is 13.7. The fraction of sp³-hybridized carbons (Fsp3) is 0.267. The summed E-state index contributed by atoms with van der Waals surface area (Å²) in [6, 6.07) is 9.62. The lowest BCUT2D eigenvalue weighted by molar-refractivity contribution is 0.100. The molecule has 1 aromatic heterocycles. The summed E-state index contributed by atoms with van der Waals surface area (Å²) in [5.74, 6) is -0.467. The molecular weight excluding hydrogens is 270 g/mol. The number of aryl methyl sites for hydroxylation is 1. The molecule has 0 bridgehead atoms. The Balaban J connectivity index is 2.04. The van der Waals surface area contributed by atoms with E-state index in [1.807, 2.05) is 0 Å². The van der Waals surface area contributed by atoms with E-state index < -0.39 is 5.91 Å². The zero-order valence-electron chi connectivity index (χ0n) is 11.6. The molecule has 1 unspecified atom stereocenters. The van der Waals surface area contributed by atoms with Gasteiger partial charge in [-0.25, -0.2) is 0 Å². The zero-order valence-corrected chi connectivity index (χ0v) is 12.5. The van der Waals surface area contributed by atoms with Crippen LogP contribution in [0.1, 0.15) is 27.0 Å². The van der Waals surface area contributed by atoms with E-state index in [2.05, 4.69) is 31.3 Å². The Kier molecular flexibility index (Phi) is 4.29. The Bertz CT molecular complexity index is 621. The van der Waals surface area contributed by atoms with E-state index in [-0.39, 0.29) is 6.04 Å². The number of amides is 1. The van der Waals surface area contributed by atoms with Gasteiger partial charge in [0.15, 0.2) is 0 Å². The van der Waals surface area contributed by atoms with E-state index in [4.69, 9.17) is 11.5 Å². The van der Waals surface area contributed by atoms with Gasteiger partial charge in [-0.15, -0.1) is 11.3 Å². The van der Waals surface area contributed by atoms with Gasteiger partial charge in [0.1, 0.15) is 0 Å². The van der Waals surface area contributed by atoms with Crippen LogP contribution in [0.2, 0.25) is 0 Å². The number of carbonyl (C=O) groups is 1. The van der Waals surface area contributed by atoms with E-state index >= 15 is 0 Å². The monoisotopic (exact) mass is 289 g/mol. The summed E-state index contributed by atoms with van der Waals surface area (Å²) in [6.07, 6.45) is 0.940. The number of nitrogens with one attached hydrogen (secondary N) is 1. The Morgan fingerprint density at radius 1 is 1.35 bits per heavy atom. The van der Waals surface area contributed by atoms with Gasteiger partial charge in [-0.2, -0.15) is 0 Å². The number of hydrogen-bond acceptors (Lipinski definition) is 4. The van der Waals surface area contributed by atoms with Crippen LogP contribution in [-0.4, -0.2) is 11.9 Å². The molecule has 0 aliphatic rings. The van der Waals surface area contributed by atoms with E-state index in [0.29, 0.717) is 11.3 Å². The number of primary amides is 1. The number of nitrogens with two attached hydrogens (primary N) is 2. The molecule has 0 saturated heterocycles. The highest BCUT2D eigenvalue weighted by atomic mass is 32.1. The maximum Gasteiger partial charge on any atom is 0.248 e. The third-order valence-corrected chi connectivity index (χ3v) is 4.06. The number of hydrogen-bond donors (Lipinski definition) is 3. The van der Waals surface area contributed by atoms with Gasteiger partial charge in [0.05, 0.1) is 11.4 Å². The second kappa shape index (κ2) is 5.96. The molecular formula is C15H19N3OS. The molecule has 20 heavy (non-hydrogen) atoms. The van der Waals surface area contributed by atoms with Crippen LogP contribution in [-0.2, 0) is 6.42 Å². The molecule has 0 aliphatic carbocycles. The summed E-state index contributed by atoms with van der Waals surface area (Å²) in [5.41, 5.74) is 13.0. The van der Waals surface area contributed by atoms with Crippen LogP contribution < -0.4 is 16.8 Å². The Labute approximate surface area is 122 Å². The molecule has 1 aromatic carbocycles. The lowest BCUT2D eigenvalue weighted by Gasteiger charge is -2.16. The Hall–Kier alpha value is -2.01. The molecule has 5 heteroatoms. The van der Waals surface area contributed by atoms with Crippen molar-refractivity contribution in [2.45, 2.75) is 26.3 Å². The fourth-order valence-electron chi connectivity index (χ4n) is 2.06. The van der Waals surface area contributed by atoms with E-state index in [1.54, 1.807) is 29.5 Å². The minimum Gasteiger partial charge on any atom is -0.397 e. The second-order valence-corrected chi connectivity index (χ2v) is 6.30. The Morgan fingerprint density at radius 2 is 2.10 bits per heavy atom. The van der Waals surface area contributed by atoms with Crippen LogP contribution >= 0.6 is 11.3 Å². The molecule has 1 amide bonds. The standard InChI is InChI=1S/C15H19N3OS/c1-9(7-12-5-3-10(2)20-12)18-14-6-4-11(15(17)19)8-13(14)16/h3-6,8-9,18H,7,16H2,1-2H3,(H2,17,19). The molecule has 4 nitrogen and oxygen atoms in total. The quantitative estimate of drug-likeness (QED) is 0.740. The molecule has 1 heterocycles. The topological polar surface area (TPSA) is 81.1 Å². The van der Waals surface area contributed by atoms with Crippen LogP contribution in [0.3, 0.4) is 0 Å². The van der Waals surface area contributed by atoms with Crippen LogP contribution in [0, 0.1) is 6.92 Å². The van der Waals surface area contributed by atoms with Gasteiger partial charge >= 0.3 is 0 Å². The average molecular weight is 289 g/mol. The maximum absolute atomic E-state index is 11.1. The van der Waals surface area contributed by atoms with Crippen molar-refractivity contribution in [2.24, 2.45) is 5.73 Å². The normalized spacial score (nSPS) is 12.1. The highest BCUT2D eigenvalue weighted by Crippen LogP contribution is 2.23. The number of rotatable bonds is 5. The second-order valence-electron chi connectivity index (χ2n) is 4.93. The van der Waals surface area contributed by atoms with Crippen molar-refractivity contribution in [3.63, 3.8) is 0 Å². The van der Waals surface area contributed by atoms with Crippen LogP contribution in [0.5, 0.6) is 0 Å². The number of nitrogen functional groups attached to an aromatic ring is 1. The molecule has 2 rings (SSSR count). The Morgan fingerprint density at radius 3 is 2.65 bits per heavy atom. The zero-order chi connectivity index (χ0) is 14.7. The van der Waals surface area contributed by atoms with E-state index in [9.17, 15) is 4.79 Å². The first-order valence-electron chi connectivity index (χ1n) is 6.47. The van der Waals surface area contributed by atoms with Gasteiger partial charge in [0, 0.05) is 27.8 Å². The van der Waals surface area contributed by atoms with Crippen LogP contribution in [0.4, 0.5) is 11.4 Å². The molecule has 0 spiro atoms. The number of carbonyl (C=O) groups excluding carboxylic acids is 1. The maximum atomic E-state index is 11.1. The SMILES string of the molecule is Cc1ccc(CC(C)Nc2ccc(C(N)=O)cc2N)s1. The highest BCUT2D eigenvalue weighted by Gasteiger charge is 2.09. The van der Waals surface area contributed by atoms with Crippen molar-refractivity contribution in [3.8, 4) is 0 Å². The molecule has 0 fully saturated rings. The molecule has 0 saturated carbocycles. The molecule has 106 valence electrons. The number of benzene rings is 1. The lowest BCUT2D eigenvalue weighted by Crippen LogP contribution is -2.19. The van der Waals surface area contributed by atoms with Crippen molar-refractivity contribution in [2.75, 3.05) is 11.1 Å². The predicted octanol–water partition coefficient (Wildman–Crippen LogP) is 2.78. The van der Waals surface area contributed by atoms with Crippen molar-refractivity contribution < 1.29 is 4.79 Å². The minimum atomic E-state index is -0.467. The third kappa shape index (κ3) is 3.51. The summed E-state index contributed by atoms with van der Waals surface area (Å²) >= 11 is 1.80. The molecule has 0 radical (unpaired) electrons. The number of thiophene rings is 1.